The van der Waals surface area contributed by atoms with E-state index in [1.165, 1.54) is 31.2 Å². The molecule has 0 bridgehead atoms. The molecule has 0 saturated carbocycles. The van der Waals surface area contributed by atoms with E-state index in [0.29, 0.717) is 4.90 Å². The number of rotatable bonds is 5. The van der Waals surface area contributed by atoms with Gasteiger partial charge in [0.25, 0.3) is 11.6 Å². The summed E-state index contributed by atoms with van der Waals surface area (Å²) in [6.45, 7) is 1.21. The molecular formula is C17H14N2O7. The number of carboxylic acid groups (broad SMARTS) is 1. The van der Waals surface area contributed by atoms with Crippen LogP contribution in [0.1, 0.15) is 17.3 Å². The first-order valence-corrected chi connectivity index (χ1v) is 7.39. The summed E-state index contributed by atoms with van der Waals surface area (Å²) in [7, 11) is 0. The smallest absolute Gasteiger partial charge is 0.415 e. The third-order valence-electron chi connectivity index (χ3n) is 3.44. The van der Waals surface area contributed by atoms with E-state index >= 15 is 0 Å². The summed E-state index contributed by atoms with van der Waals surface area (Å²) >= 11 is 0. The first-order chi connectivity index (χ1) is 12.3. The average Bonchev–Trinajstić information content (AvgIpc) is 2.62. The number of carbonyl (C=O) groups excluding carboxylic acids is 2. The molecule has 0 fully saturated rings. The number of nitro benzene ring substituents is 1. The maximum absolute atomic E-state index is 12.4. The lowest BCUT2D eigenvalue weighted by molar-refractivity contribution is -0.384. The highest BCUT2D eigenvalue weighted by atomic mass is 16.6. The van der Waals surface area contributed by atoms with E-state index in [-0.39, 0.29) is 17.0 Å². The van der Waals surface area contributed by atoms with Gasteiger partial charge in [-0.15, -0.1) is 0 Å². The number of hydrogen-bond acceptors (Lipinski definition) is 6. The van der Waals surface area contributed by atoms with Gasteiger partial charge in [-0.2, -0.15) is 0 Å². The van der Waals surface area contributed by atoms with Crippen molar-refractivity contribution in [1.29, 1.82) is 0 Å². The van der Waals surface area contributed by atoms with Crippen LogP contribution in [0.3, 0.4) is 0 Å². The summed E-state index contributed by atoms with van der Waals surface area (Å²) in [5, 5.41) is 19.9. The lowest BCUT2D eigenvalue weighted by Gasteiger charge is -2.23. The second-order valence-corrected chi connectivity index (χ2v) is 5.17. The van der Waals surface area contributed by atoms with Gasteiger partial charge >= 0.3 is 12.1 Å². The third-order valence-corrected chi connectivity index (χ3v) is 3.44. The van der Waals surface area contributed by atoms with Gasteiger partial charge in [-0.1, -0.05) is 18.2 Å². The summed E-state index contributed by atoms with van der Waals surface area (Å²) in [5.74, 6) is -1.87. The molecule has 0 radical (unpaired) electrons. The van der Waals surface area contributed by atoms with Gasteiger partial charge in [-0.05, 0) is 31.2 Å². The summed E-state index contributed by atoms with van der Waals surface area (Å²) in [4.78, 5) is 46.4. The number of ether oxygens (including phenoxy) is 1. The maximum Gasteiger partial charge on any atom is 0.415 e. The van der Waals surface area contributed by atoms with E-state index in [4.69, 9.17) is 4.74 Å². The van der Waals surface area contributed by atoms with Gasteiger partial charge in [-0.3, -0.25) is 14.9 Å². The Morgan fingerprint density at radius 3 is 2.15 bits per heavy atom. The van der Waals surface area contributed by atoms with Crippen LogP contribution in [0, 0.1) is 10.1 Å². The van der Waals surface area contributed by atoms with E-state index in [0.717, 1.165) is 12.1 Å². The Morgan fingerprint density at radius 1 is 1.08 bits per heavy atom. The predicted octanol–water partition coefficient (Wildman–Crippen LogP) is 2.71. The number of carbonyl (C=O) groups is 3. The molecule has 134 valence electrons. The van der Waals surface area contributed by atoms with Gasteiger partial charge in [0.05, 0.1) is 4.92 Å². The van der Waals surface area contributed by atoms with Crippen molar-refractivity contribution in [1.82, 2.24) is 4.90 Å². The lowest BCUT2D eigenvalue weighted by Crippen LogP contribution is -2.47. The minimum Gasteiger partial charge on any atom is -0.465 e. The van der Waals surface area contributed by atoms with Gasteiger partial charge in [0.2, 0.25) is 0 Å². The zero-order chi connectivity index (χ0) is 19.3. The van der Waals surface area contributed by atoms with Gasteiger partial charge in [0.1, 0.15) is 11.8 Å². The van der Waals surface area contributed by atoms with Gasteiger partial charge in [0, 0.05) is 17.7 Å². The number of hydrogen-bond donors (Lipinski definition) is 1. The molecule has 26 heavy (non-hydrogen) atoms. The number of benzene rings is 2. The van der Waals surface area contributed by atoms with E-state index < -0.39 is 28.9 Å². The molecular weight excluding hydrogens is 344 g/mol. The van der Waals surface area contributed by atoms with Crippen molar-refractivity contribution in [3.63, 3.8) is 0 Å². The molecule has 0 aliphatic carbocycles. The Hall–Kier alpha value is -3.75. The molecule has 2 rings (SSSR count). The normalized spacial score (nSPS) is 11.3. The van der Waals surface area contributed by atoms with Gasteiger partial charge in [-0.25, -0.2) is 14.5 Å². The van der Waals surface area contributed by atoms with Crippen molar-refractivity contribution in [3.05, 3.63) is 70.3 Å². The van der Waals surface area contributed by atoms with Crippen LogP contribution < -0.4 is 4.74 Å². The standard InChI is InChI=1S/C17H14N2O7/c1-11(16(21)26-14-9-7-13(8-10-14)19(24)25)18(17(22)23)15(20)12-5-3-2-4-6-12/h2-11H,1H3,(H,22,23)/t11-/m0/s1. The topological polar surface area (TPSA) is 127 Å². The molecule has 2 amide bonds. The molecule has 0 saturated heterocycles. The summed E-state index contributed by atoms with van der Waals surface area (Å²) in [5.41, 5.74) is -0.0887. The minimum absolute atomic E-state index is 0.00931. The van der Waals surface area contributed by atoms with Crippen LogP contribution in [0.2, 0.25) is 0 Å². The fourth-order valence-corrected chi connectivity index (χ4v) is 2.09. The molecule has 0 aliphatic heterocycles. The molecule has 9 nitrogen and oxygen atoms in total. The molecule has 0 aliphatic rings. The van der Waals surface area contributed by atoms with Crippen LogP contribution in [0.4, 0.5) is 10.5 Å². The summed E-state index contributed by atoms with van der Waals surface area (Å²) < 4.78 is 5.01. The molecule has 2 aromatic rings. The minimum atomic E-state index is -1.60. The summed E-state index contributed by atoms with van der Waals surface area (Å²) in [6, 6.07) is 10.9. The van der Waals surface area contributed by atoms with Gasteiger partial charge < -0.3 is 9.84 Å². The monoisotopic (exact) mass is 358 g/mol. The highest BCUT2D eigenvalue weighted by molar-refractivity contribution is 6.05. The molecule has 0 heterocycles. The first kappa shape index (κ1) is 18.6. The second kappa shape index (κ2) is 7.88. The molecule has 2 aromatic carbocycles. The number of esters is 1. The highest BCUT2D eigenvalue weighted by Crippen LogP contribution is 2.19. The number of nitrogens with zero attached hydrogens (tertiary/aromatic N) is 2. The second-order valence-electron chi connectivity index (χ2n) is 5.17. The van der Waals surface area contributed by atoms with Crippen molar-refractivity contribution in [3.8, 4) is 5.75 Å². The molecule has 0 aromatic heterocycles. The van der Waals surface area contributed by atoms with Crippen LogP contribution in [-0.2, 0) is 4.79 Å². The molecule has 0 spiro atoms. The fourth-order valence-electron chi connectivity index (χ4n) is 2.09. The van der Waals surface area contributed by atoms with Crippen molar-refractivity contribution < 1.29 is 29.2 Å². The Labute approximate surface area is 147 Å². The van der Waals surface area contributed by atoms with Crippen LogP contribution in [0.25, 0.3) is 0 Å². The largest absolute Gasteiger partial charge is 0.465 e. The van der Waals surface area contributed by atoms with Crippen LogP contribution in [0.5, 0.6) is 5.75 Å². The number of amides is 2. The van der Waals surface area contributed by atoms with Crippen LogP contribution in [0.15, 0.2) is 54.6 Å². The average molecular weight is 358 g/mol. The number of nitro groups is 1. The Morgan fingerprint density at radius 2 is 1.65 bits per heavy atom. The highest BCUT2D eigenvalue weighted by Gasteiger charge is 2.33. The van der Waals surface area contributed by atoms with Crippen molar-refractivity contribution in [2.75, 3.05) is 0 Å². The van der Waals surface area contributed by atoms with E-state index in [2.05, 4.69) is 0 Å². The van der Waals surface area contributed by atoms with Gasteiger partial charge in [0.15, 0.2) is 0 Å². The number of imide groups is 1. The Bertz CT molecular complexity index is 834. The zero-order valence-electron chi connectivity index (χ0n) is 13.6. The Balaban J connectivity index is 2.16. The Kier molecular flexibility index (Phi) is 5.63. The number of non-ortho nitro benzene ring substituents is 1. The summed E-state index contributed by atoms with van der Waals surface area (Å²) in [6.07, 6.45) is -1.60. The van der Waals surface area contributed by atoms with Crippen LogP contribution >= 0.6 is 0 Å². The predicted molar refractivity (Wildman–Crippen MR) is 88.8 cm³/mol. The SMILES string of the molecule is C[C@@H](C(=O)Oc1ccc([N+](=O)[O-])cc1)N(C(=O)O)C(=O)c1ccccc1. The molecule has 1 N–H and O–H groups in total. The first-order valence-electron chi connectivity index (χ1n) is 7.39. The molecule has 9 heteroatoms. The van der Waals surface area contributed by atoms with Crippen molar-refractivity contribution in [2.24, 2.45) is 0 Å². The molecule has 0 unspecified atom stereocenters. The third kappa shape index (κ3) is 4.20. The maximum atomic E-state index is 12.4. The zero-order valence-corrected chi connectivity index (χ0v) is 13.6. The van der Waals surface area contributed by atoms with E-state index in [9.17, 15) is 29.6 Å². The van der Waals surface area contributed by atoms with Crippen LogP contribution in [-0.4, -0.2) is 38.9 Å². The van der Waals surface area contributed by atoms with Crippen molar-refractivity contribution >= 4 is 23.7 Å². The molecule has 1 atom stereocenters. The van der Waals surface area contributed by atoms with E-state index in [1.54, 1.807) is 18.2 Å². The van der Waals surface area contributed by atoms with Crippen molar-refractivity contribution in [2.45, 2.75) is 13.0 Å². The quantitative estimate of drug-likeness (QED) is 0.377. The fraction of sp³-hybridized carbons (Fsp3) is 0.118. The van der Waals surface area contributed by atoms with E-state index in [1.807, 2.05) is 0 Å². The lowest BCUT2D eigenvalue weighted by atomic mass is 10.1.